The van der Waals surface area contributed by atoms with Crippen molar-refractivity contribution in [2.45, 2.75) is 31.8 Å². The summed E-state index contributed by atoms with van der Waals surface area (Å²) in [5.41, 5.74) is 3.41. The molecular formula is C22H21N3O3. The summed E-state index contributed by atoms with van der Waals surface area (Å²) in [7, 11) is 0. The SMILES string of the molecule is Cc1ccc2c(c1C)NC(=O)[C@]21N[C@H](Cc2ccccc2)[C@H]2C(=O)NC(=O)[C@H]21. The van der Waals surface area contributed by atoms with Gasteiger partial charge in [-0.3, -0.25) is 25.0 Å². The normalized spacial score (nSPS) is 30.4. The van der Waals surface area contributed by atoms with Gasteiger partial charge in [0.25, 0.3) is 0 Å². The molecule has 142 valence electrons. The zero-order chi connectivity index (χ0) is 19.6. The largest absolute Gasteiger partial charge is 0.324 e. The summed E-state index contributed by atoms with van der Waals surface area (Å²) < 4.78 is 0. The molecule has 3 N–H and O–H groups in total. The first kappa shape index (κ1) is 17.1. The highest BCUT2D eigenvalue weighted by Crippen LogP contribution is 2.52. The van der Waals surface area contributed by atoms with Crippen LogP contribution >= 0.6 is 0 Å². The third-order valence-corrected chi connectivity index (χ3v) is 6.56. The fourth-order valence-corrected chi connectivity index (χ4v) is 5.09. The minimum atomic E-state index is -1.21. The summed E-state index contributed by atoms with van der Waals surface area (Å²) in [5.74, 6) is -2.26. The highest BCUT2D eigenvalue weighted by molar-refractivity contribution is 6.15. The van der Waals surface area contributed by atoms with Crippen LogP contribution in [0, 0.1) is 25.7 Å². The molecule has 1 spiro atoms. The fraction of sp³-hybridized carbons (Fsp3) is 0.318. The van der Waals surface area contributed by atoms with E-state index in [1.807, 2.05) is 56.3 Å². The maximum absolute atomic E-state index is 13.2. The van der Waals surface area contributed by atoms with Crippen molar-refractivity contribution in [3.63, 3.8) is 0 Å². The summed E-state index contributed by atoms with van der Waals surface area (Å²) in [6.45, 7) is 3.95. The molecule has 3 amide bonds. The monoisotopic (exact) mass is 375 g/mol. The molecule has 3 aliphatic rings. The molecule has 6 nitrogen and oxygen atoms in total. The van der Waals surface area contributed by atoms with Crippen LogP contribution in [0.5, 0.6) is 0 Å². The van der Waals surface area contributed by atoms with Gasteiger partial charge in [-0.1, -0.05) is 42.5 Å². The highest BCUT2D eigenvalue weighted by Gasteiger charge is 2.68. The molecule has 2 aromatic carbocycles. The lowest BCUT2D eigenvalue weighted by Gasteiger charge is -2.28. The first-order valence-corrected chi connectivity index (χ1v) is 9.52. The molecule has 0 aliphatic carbocycles. The van der Waals surface area contributed by atoms with E-state index >= 15 is 0 Å². The molecule has 3 aliphatic heterocycles. The molecule has 3 heterocycles. The van der Waals surface area contributed by atoms with E-state index in [4.69, 9.17) is 0 Å². The summed E-state index contributed by atoms with van der Waals surface area (Å²) >= 11 is 0. The molecular weight excluding hydrogens is 354 g/mol. The average molecular weight is 375 g/mol. The third kappa shape index (κ3) is 2.09. The van der Waals surface area contributed by atoms with Gasteiger partial charge in [0, 0.05) is 17.3 Å². The van der Waals surface area contributed by atoms with Gasteiger partial charge in [0.1, 0.15) is 5.54 Å². The van der Waals surface area contributed by atoms with Crippen LogP contribution in [0.15, 0.2) is 42.5 Å². The van der Waals surface area contributed by atoms with Gasteiger partial charge in [-0.05, 0) is 37.0 Å². The van der Waals surface area contributed by atoms with Gasteiger partial charge >= 0.3 is 0 Å². The number of rotatable bonds is 2. The van der Waals surface area contributed by atoms with Gasteiger partial charge in [-0.25, -0.2) is 0 Å². The van der Waals surface area contributed by atoms with Gasteiger partial charge in [-0.15, -0.1) is 0 Å². The number of fused-ring (bicyclic) bond motifs is 4. The summed E-state index contributed by atoms with van der Waals surface area (Å²) in [5, 5.41) is 8.88. The maximum atomic E-state index is 13.2. The van der Waals surface area contributed by atoms with Gasteiger partial charge < -0.3 is 5.32 Å². The van der Waals surface area contributed by atoms with Crippen molar-refractivity contribution in [3.05, 3.63) is 64.7 Å². The fourth-order valence-electron chi connectivity index (χ4n) is 5.09. The Kier molecular flexibility index (Phi) is 3.52. The quantitative estimate of drug-likeness (QED) is 0.695. The second kappa shape index (κ2) is 5.75. The van der Waals surface area contributed by atoms with Gasteiger partial charge in [0.2, 0.25) is 17.7 Å². The van der Waals surface area contributed by atoms with E-state index in [1.165, 1.54) is 0 Å². The van der Waals surface area contributed by atoms with Crippen LogP contribution in [-0.4, -0.2) is 23.8 Å². The zero-order valence-corrected chi connectivity index (χ0v) is 15.7. The lowest BCUT2D eigenvalue weighted by atomic mass is 9.76. The predicted molar refractivity (Wildman–Crippen MR) is 103 cm³/mol. The molecule has 2 saturated heterocycles. The summed E-state index contributed by atoms with van der Waals surface area (Å²) in [6.07, 6.45) is 0.567. The number of aryl methyl sites for hydroxylation is 1. The number of hydrogen-bond acceptors (Lipinski definition) is 4. The lowest BCUT2D eigenvalue weighted by Crippen LogP contribution is -2.53. The standard InChI is InChI=1S/C22H21N3O3/c1-11-8-9-14-18(12(11)2)23-21(28)22(14)17-16(19(26)24-20(17)27)15(25-22)10-13-6-4-3-5-7-13/h3-9,15-17,25H,10H2,1-2H3,(H,23,28)(H,24,26,27)/t15-,16-,17+,22+/m1/s1. The Hall–Kier alpha value is -2.99. The van der Waals surface area contributed by atoms with Crippen molar-refractivity contribution >= 4 is 23.4 Å². The lowest BCUT2D eigenvalue weighted by molar-refractivity contribution is -0.132. The second-order valence-electron chi connectivity index (χ2n) is 7.99. The Balaban J connectivity index is 1.65. The van der Waals surface area contributed by atoms with Crippen molar-refractivity contribution in [3.8, 4) is 0 Å². The van der Waals surface area contributed by atoms with Gasteiger partial charge in [0.05, 0.1) is 11.8 Å². The molecule has 5 rings (SSSR count). The van der Waals surface area contributed by atoms with E-state index in [0.717, 1.165) is 27.9 Å². The van der Waals surface area contributed by atoms with Crippen LogP contribution in [0.1, 0.15) is 22.3 Å². The van der Waals surface area contributed by atoms with Crippen molar-refractivity contribution in [1.29, 1.82) is 0 Å². The summed E-state index contributed by atoms with van der Waals surface area (Å²) in [4.78, 5) is 38.7. The van der Waals surface area contributed by atoms with Crippen LogP contribution in [-0.2, 0) is 26.3 Å². The van der Waals surface area contributed by atoms with Crippen LogP contribution in [0.3, 0.4) is 0 Å². The van der Waals surface area contributed by atoms with Gasteiger partial charge in [0.15, 0.2) is 0 Å². The van der Waals surface area contributed by atoms with Crippen molar-refractivity contribution in [2.24, 2.45) is 11.8 Å². The van der Waals surface area contributed by atoms with Crippen molar-refractivity contribution in [2.75, 3.05) is 5.32 Å². The number of hydrogen-bond donors (Lipinski definition) is 3. The number of anilines is 1. The Labute approximate surface area is 162 Å². The predicted octanol–water partition coefficient (Wildman–Crippen LogP) is 1.55. The second-order valence-corrected chi connectivity index (χ2v) is 7.99. The smallest absolute Gasteiger partial charge is 0.250 e. The topological polar surface area (TPSA) is 87.3 Å². The van der Waals surface area contributed by atoms with Crippen LogP contribution in [0.2, 0.25) is 0 Å². The molecule has 2 aromatic rings. The van der Waals surface area contributed by atoms with E-state index in [2.05, 4.69) is 16.0 Å². The van der Waals surface area contributed by atoms with Crippen LogP contribution < -0.4 is 16.0 Å². The minimum Gasteiger partial charge on any atom is -0.324 e. The molecule has 0 unspecified atom stereocenters. The molecule has 6 heteroatoms. The molecule has 0 saturated carbocycles. The van der Waals surface area contributed by atoms with Crippen LogP contribution in [0.4, 0.5) is 5.69 Å². The zero-order valence-electron chi connectivity index (χ0n) is 15.7. The number of amides is 3. The molecule has 2 fully saturated rings. The van der Waals surface area contributed by atoms with Crippen LogP contribution in [0.25, 0.3) is 0 Å². The number of imide groups is 1. The van der Waals surface area contributed by atoms with Gasteiger partial charge in [-0.2, -0.15) is 0 Å². The number of nitrogens with one attached hydrogen (secondary N) is 3. The minimum absolute atomic E-state index is 0.258. The highest BCUT2D eigenvalue weighted by atomic mass is 16.2. The van der Waals surface area contributed by atoms with E-state index < -0.39 is 17.4 Å². The Morgan fingerprint density at radius 3 is 2.43 bits per heavy atom. The number of carbonyl (C=O) groups is 3. The third-order valence-electron chi connectivity index (χ3n) is 6.56. The van der Waals surface area contributed by atoms with E-state index in [0.29, 0.717) is 6.42 Å². The molecule has 0 aromatic heterocycles. The Morgan fingerprint density at radius 1 is 0.929 bits per heavy atom. The van der Waals surface area contributed by atoms with Crippen molar-refractivity contribution < 1.29 is 14.4 Å². The molecule has 0 radical (unpaired) electrons. The van der Waals surface area contributed by atoms with E-state index in [-0.39, 0.29) is 23.8 Å². The molecule has 0 bridgehead atoms. The number of benzene rings is 2. The first-order valence-electron chi connectivity index (χ1n) is 9.52. The maximum Gasteiger partial charge on any atom is 0.250 e. The van der Waals surface area contributed by atoms with E-state index in [9.17, 15) is 14.4 Å². The van der Waals surface area contributed by atoms with E-state index in [1.54, 1.807) is 0 Å². The van der Waals surface area contributed by atoms with Crippen molar-refractivity contribution in [1.82, 2.24) is 10.6 Å². The number of carbonyl (C=O) groups excluding carboxylic acids is 3. The molecule has 4 atom stereocenters. The average Bonchev–Trinajstić information content (AvgIpc) is 3.26. The Bertz CT molecular complexity index is 1030. The summed E-state index contributed by atoms with van der Waals surface area (Å²) in [6, 6.07) is 13.4. The Morgan fingerprint density at radius 2 is 1.68 bits per heavy atom. The molecule has 28 heavy (non-hydrogen) atoms. The first-order chi connectivity index (χ1) is 13.4.